The molecule has 0 aliphatic heterocycles. The molecule has 0 aromatic heterocycles. The Morgan fingerprint density at radius 2 is 1.64 bits per heavy atom. The molecule has 142 valence electrons. The van der Waals surface area contributed by atoms with Gasteiger partial charge in [0.2, 0.25) is 0 Å². The summed E-state index contributed by atoms with van der Waals surface area (Å²) in [4.78, 5) is 23.6. The first-order valence-corrected chi connectivity index (χ1v) is 9.08. The fourth-order valence-corrected chi connectivity index (χ4v) is 2.99. The van der Waals surface area contributed by atoms with E-state index >= 15 is 0 Å². The number of hydrogen-bond acceptors (Lipinski definition) is 4. The summed E-state index contributed by atoms with van der Waals surface area (Å²) in [6.45, 7) is 4.17. The number of aryl methyl sites for hydroxylation is 2. The summed E-state index contributed by atoms with van der Waals surface area (Å²) >= 11 is 0. The molecule has 0 radical (unpaired) electrons. The minimum Gasteiger partial charge on any atom is -0.488 e. The van der Waals surface area contributed by atoms with Gasteiger partial charge < -0.3 is 9.47 Å². The van der Waals surface area contributed by atoms with Crippen molar-refractivity contribution < 1.29 is 19.1 Å². The van der Waals surface area contributed by atoms with Crippen LogP contribution in [-0.4, -0.2) is 12.3 Å². The van der Waals surface area contributed by atoms with Gasteiger partial charge in [0.25, 0.3) is 0 Å². The van der Waals surface area contributed by atoms with Gasteiger partial charge in [-0.05, 0) is 48.7 Å². The molecule has 0 saturated heterocycles. The van der Waals surface area contributed by atoms with E-state index in [2.05, 4.69) is 0 Å². The highest BCUT2D eigenvalue weighted by atomic mass is 16.5. The molecule has 3 aromatic carbocycles. The summed E-state index contributed by atoms with van der Waals surface area (Å²) in [6, 6.07) is 20.3. The minimum atomic E-state index is -0.355. The molecule has 28 heavy (non-hydrogen) atoms. The third kappa shape index (κ3) is 4.86. The zero-order valence-electron chi connectivity index (χ0n) is 16.0. The molecule has 0 heterocycles. The van der Waals surface area contributed by atoms with E-state index in [0.717, 1.165) is 28.7 Å². The van der Waals surface area contributed by atoms with Crippen LogP contribution in [0.2, 0.25) is 0 Å². The lowest BCUT2D eigenvalue weighted by atomic mass is 10.1. The quantitative estimate of drug-likeness (QED) is 0.337. The molecular weight excluding hydrogens is 352 g/mol. The monoisotopic (exact) mass is 374 g/mol. The van der Waals surface area contributed by atoms with Crippen molar-refractivity contribution in [2.45, 2.75) is 26.9 Å². The number of carbonyl (C=O) groups excluding carboxylic acids is 2. The first-order chi connectivity index (χ1) is 13.6. The molecule has 0 fully saturated rings. The number of carbonyl (C=O) groups is 2. The maximum atomic E-state index is 12.2. The summed E-state index contributed by atoms with van der Waals surface area (Å²) in [6.07, 6.45) is 0.962. The van der Waals surface area contributed by atoms with Crippen molar-refractivity contribution in [1.82, 2.24) is 0 Å². The van der Waals surface area contributed by atoms with Gasteiger partial charge in [-0.2, -0.15) is 0 Å². The predicted molar refractivity (Wildman–Crippen MR) is 108 cm³/mol. The van der Waals surface area contributed by atoms with Crippen LogP contribution >= 0.6 is 0 Å². The van der Waals surface area contributed by atoms with Crippen LogP contribution in [0.15, 0.2) is 66.7 Å². The van der Waals surface area contributed by atoms with Crippen molar-refractivity contribution in [2.24, 2.45) is 0 Å². The minimum absolute atomic E-state index is 0.185. The van der Waals surface area contributed by atoms with Crippen LogP contribution in [0.1, 0.15) is 32.6 Å². The number of rotatable bonds is 7. The van der Waals surface area contributed by atoms with Gasteiger partial charge in [-0.1, -0.05) is 48.5 Å². The van der Waals surface area contributed by atoms with Crippen molar-refractivity contribution >= 4 is 12.3 Å². The highest BCUT2D eigenvalue weighted by Gasteiger charge is 2.11. The normalized spacial score (nSPS) is 10.4. The maximum absolute atomic E-state index is 12.2. The average molecular weight is 374 g/mol. The van der Waals surface area contributed by atoms with Gasteiger partial charge in [0, 0.05) is 11.1 Å². The maximum Gasteiger partial charge on any atom is 0.315 e. The fraction of sp³-hybridized carbons (Fsp3) is 0.167. The van der Waals surface area contributed by atoms with Gasteiger partial charge in [-0.25, -0.2) is 0 Å². The second-order valence-corrected chi connectivity index (χ2v) is 6.62. The molecule has 0 atom stereocenters. The fourth-order valence-electron chi connectivity index (χ4n) is 2.99. The molecular formula is C24H22O4. The van der Waals surface area contributed by atoms with E-state index in [1.54, 1.807) is 18.2 Å². The molecule has 0 aliphatic rings. The predicted octanol–water partition coefficient (Wildman–Crippen LogP) is 4.84. The van der Waals surface area contributed by atoms with Crippen LogP contribution in [0.25, 0.3) is 0 Å². The number of ether oxygens (including phenoxy) is 2. The number of esters is 1. The van der Waals surface area contributed by atoms with Gasteiger partial charge in [-0.3, -0.25) is 9.59 Å². The summed E-state index contributed by atoms with van der Waals surface area (Å²) in [5.41, 5.74) is 4.11. The molecule has 0 saturated carbocycles. The Morgan fingerprint density at radius 1 is 0.929 bits per heavy atom. The molecule has 0 N–H and O–H groups in total. The lowest BCUT2D eigenvalue weighted by molar-refractivity contribution is -0.133. The Bertz CT molecular complexity index is 957. The number of hydrogen-bond donors (Lipinski definition) is 0. The lowest BCUT2D eigenvalue weighted by Crippen LogP contribution is -2.12. The van der Waals surface area contributed by atoms with Crippen molar-refractivity contribution in [3.8, 4) is 11.5 Å². The van der Waals surface area contributed by atoms with E-state index in [9.17, 15) is 9.59 Å². The molecule has 0 aliphatic carbocycles. The topological polar surface area (TPSA) is 52.6 Å². The standard InChI is InChI=1S/C24H22O4/c1-17-7-6-8-18(2)24(17)27-16-21-14-22(12-11-20(21)15-25)28-23(26)13-19-9-4-3-5-10-19/h3-12,14-15H,13,16H2,1-2H3. The third-order valence-electron chi connectivity index (χ3n) is 4.45. The summed E-state index contributed by atoms with van der Waals surface area (Å²) in [5.74, 6) is 0.837. The molecule has 0 unspecified atom stereocenters. The molecule has 0 bridgehead atoms. The summed E-state index contributed by atoms with van der Waals surface area (Å²) in [5, 5.41) is 0. The molecule has 3 rings (SSSR count). The number of para-hydroxylation sites is 1. The highest BCUT2D eigenvalue weighted by molar-refractivity contribution is 5.79. The molecule has 0 spiro atoms. The van der Waals surface area contributed by atoms with Crippen molar-refractivity contribution in [2.75, 3.05) is 0 Å². The van der Waals surface area contributed by atoms with Crippen LogP contribution in [-0.2, 0) is 17.8 Å². The Morgan fingerprint density at radius 3 is 2.32 bits per heavy atom. The van der Waals surface area contributed by atoms with E-state index < -0.39 is 0 Å². The first-order valence-electron chi connectivity index (χ1n) is 9.08. The molecule has 0 amide bonds. The van der Waals surface area contributed by atoms with E-state index in [1.165, 1.54) is 0 Å². The largest absolute Gasteiger partial charge is 0.488 e. The van der Waals surface area contributed by atoms with Crippen LogP contribution in [0, 0.1) is 13.8 Å². The van der Waals surface area contributed by atoms with Gasteiger partial charge in [0.15, 0.2) is 0 Å². The van der Waals surface area contributed by atoms with E-state index in [-0.39, 0.29) is 19.0 Å². The van der Waals surface area contributed by atoms with Gasteiger partial charge in [0.05, 0.1) is 6.42 Å². The Kier molecular flexibility index (Phi) is 6.22. The van der Waals surface area contributed by atoms with Gasteiger partial charge >= 0.3 is 5.97 Å². The molecule has 4 heteroatoms. The lowest BCUT2D eigenvalue weighted by Gasteiger charge is -2.14. The van der Waals surface area contributed by atoms with Gasteiger partial charge in [-0.15, -0.1) is 0 Å². The van der Waals surface area contributed by atoms with Gasteiger partial charge in [0.1, 0.15) is 24.4 Å². The Balaban J connectivity index is 1.72. The summed E-state index contributed by atoms with van der Waals surface area (Å²) < 4.78 is 11.4. The van der Waals surface area contributed by atoms with Crippen molar-refractivity contribution in [1.29, 1.82) is 0 Å². The second kappa shape index (κ2) is 9.00. The second-order valence-electron chi connectivity index (χ2n) is 6.62. The van der Waals surface area contributed by atoms with Crippen LogP contribution in [0.3, 0.4) is 0 Å². The van der Waals surface area contributed by atoms with E-state index in [0.29, 0.717) is 16.9 Å². The van der Waals surface area contributed by atoms with Crippen LogP contribution in [0.4, 0.5) is 0 Å². The SMILES string of the molecule is Cc1cccc(C)c1OCc1cc(OC(=O)Cc2ccccc2)ccc1C=O. The zero-order valence-corrected chi connectivity index (χ0v) is 16.0. The zero-order chi connectivity index (χ0) is 19.9. The Labute approximate surface area is 164 Å². The number of aldehydes is 1. The molecule has 4 nitrogen and oxygen atoms in total. The molecule has 3 aromatic rings. The van der Waals surface area contributed by atoms with Crippen molar-refractivity contribution in [3.63, 3.8) is 0 Å². The Hall–Kier alpha value is -3.40. The smallest absolute Gasteiger partial charge is 0.315 e. The average Bonchev–Trinajstić information content (AvgIpc) is 2.68. The van der Waals surface area contributed by atoms with Crippen LogP contribution < -0.4 is 9.47 Å². The first kappa shape index (κ1) is 19.4. The summed E-state index contributed by atoms with van der Waals surface area (Å²) in [7, 11) is 0. The van der Waals surface area contributed by atoms with E-state index in [4.69, 9.17) is 9.47 Å². The van der Waals surface area contributed by atoms with Crippen molar-refractivity contribution in [3.05, 3.63) is 94.5 Å². The third-order valence-corrected chi connectivity index (χ3v) is 4.45. The number of benzene rings is 3. The van der Waals surface area contributed by atoms with Crippen LogP contribution in [0.5, 0.6) is 11.5 Å². The van der Waals surface area contributed by atoms with E-state index in [1.807, 2.05) is 62.4 Å². The highest BCUT2D eigenvalue weighted by Crippen LogP contribution is 2.25.